The second kappa shape index (κ2) is 6.74. The number of rotatable bonds is 6. The van der Waals surface area contributed by atoms with Crippen molar-refractivity contribution in [1.82, 2.24) is 9.62 Å². The quantitative estimate of drug-likeness (QED) is 0.848. The zero-order valence-corrected chi connectivity index (χ0v) is 12.9. The van der Waals surface area contributed by atoms with Crippen LogP contribution in [-0.2, 0) is 16.6 Å². The lowest BCUT2D eigenvalue weighted by Crippen LogP contribution is -2.31. The van der Waals surface area contributed by atoms with E-state index in [0.717, 1.165) is 12.6 Å². The zero-order valence-electron chi connectivity index (χ0n) is 10.5. The molecule has 1 aromatic rings. The largest absolute Gasteiger partial charge is 0.316 e. The molecule has 0 amide bonds. The van der Waals surface area contributed by atoms with Gasteiger partial charge in [-0.15, -0.1) is 0 Å². The van der Waals surface area contributed by atoms with Crippen LogP contribution < -0.4 is 5.32 Å². The molecule has 1 N–H and O–H groups in total. The number of halogens is 3. The van der Waals surface area contributed by atoms with Gasteiger partial charge < -0.3 is 5.32 Å². The predicted octanol–water partition coefficient (Wildman–Crippen LogP) is 2.05. The number of benzene rings is 1. The lowest BCUT2D eigenvalue weighted by atomic mass is 10.2. The molecule has 108 valence electrons. The Kier molecular flexibility index (Phi) is 5.84. The number of hydrogen-bond donors (Lipinski definition) is 1. The van der Waals surface area contributed by atoms with E-state index in [1.54, 1.807) is 19.2 Å². The summed E-state index contributed by atoms with van der Waals surface area (Å²) in [5.74, 6) is 0. The maximum atomic E-state index is 12.3. The van der Waals surface area contributed by atoms with Crippen molar-refractivity contribution in [3.05, 3.63) is 28.2 Å². The van der Waals surface area contributed by atoms with Crippen molar-refractivity contribution in [1.29, 1.82) is 0 Å². The van der Waals surface area contributed by atoms with Gasteiger partial charge in [-0.25, -0.2) is 17.2 Å². The van der Waals surface area contributed by atoms with Crippen molar-refractivity contribution in [3.8, 4) is 0 Å². The molecule has 0 spiro atoms. The molecular weight excluding hydrogens is 342 g/mol. The minimum Gasteiger partial charge on any atom is -0.316 e. The minimum atomic E-state index is -3.91. The Labute approximate surface area is 120 Å². The Balaban J connectivity index is 3.08. The Morgan fingerprint density at radius 1 is 1.42 bits per heavy atom. The van der Waals surface area contributed by atoms with Gasteiger partial charge in [0.1, 0.15) is 0 Å². The summed E-state index contributed by atoms with van der Waals surface area (Å²) in [6.07, 6.45) is -2.71. The first-order valence-electron chi connectivity index (χ1n) is 5.46. The van der Waals surface area contributed by atoms with E-state index in [1.165, 1.54) is 6.07 Å². The SMILES string of the molecule is CNCc1ccc(S(=O)(=O)N(C)CC(F)F)c(Br)c1. The Morgan fingerprint density at radius 2 is 2.05 bits per heavy atom. The Hall–Kier alpha value is -0.570. The van der Waals surface area contributed by atoms with Gasteiger partial charge >= 0.3 is 0 Å². The lowest BCUT2D eigenvalue weighted by Gasteiger charge is -2.18. The van der Waals surface area contributed by atoms with Gasteiger partial charge in [0.05, 0.1) is 11.4 Å². The first-order valence-corrected chi connectivity index (χ1v) is 7.70. The van der Waals surface area contributed by atoms with Gasteiger partial charge in [-0.3, -0.25) is 0 Å². The molecule has 0 aromatic heterocycles. The zero-order chi connectivity index (χ0) is 14.6. The highest BCUT2D eigenvalue weighted by molar-refractivity contribution is 9.10. The molecule has 19 heavy (non-hydrogen) atoms. The molecule has 0 radical (unpaired) electrons. The molecule has 1 aromatic carbocycles. The first kappa shape index (κ1) is 16.5. The van der Waals surface area contributed by atoms with Crippen LogP contribution in [0.3, 0.4) is 0 Å². The smallest absolute Gasteiger partial charge is 0.252 e. The molecule has 1 rings (SSSR count). The van der Waals surface area contributed by atoms with Crippen molar-refractivity contribution in [2.45, 2.75) is 17.9 Å². The van der Waals surface area contributed by atoms with Crippen LogP contribution in [0.1, 0.15) is 5.56 Å². The van der Waals surface area contributed by atoms with E-state index in [1.807, 2.05) is 0 Å². The fourth-order valence-corrected chi connectivity index (χ4v) is 3.76. The van der Waals surface area contributed by atoms with E-state index in [-0.39, 0.29) is 4.90 Å². The summed E-state index contributed by atoms with van der Waals surface area (Å²) < 4.78 is 49.8. The molecule has 4 nitrogen and oxygen atoms in total. The normalized spacial score (nSPS) is 12.4. The molecule has 0 unspecified atom stereocenters. The number of sulfonamides is 1. The number of hydrogen-bond acceptors (Lipinski definition) is 3. The van der Waals surface area contributed by atoms with E-state index in [2.05, 4.69) is 21.2 Å². The molecule has 0 aliphatic carbocycles. The summed E-state index contributed by atoms with van der Waals surface area (Å²) in [6, 6.07) is 4.71. The van der Waals surface area contributed by atoms with E-state index in [4.69, 9.17) is 0 Å². The van der Waals surface area contributed by atoms with Crippen molar-refractivity contribution in [2.24, 2.45) is 0 Å². The summed E-state index contributed by atoms with van der Waals surface area (Å²) in [7, 11) is -1.00. The molecule has 0 bridgehead atoms. The van der Waals surface area contributed by atoms with Crippen LogP contribution in [-0.4, -0.2) is 39.8 Å². The van der Waals surface area contributed by atoms with Gasteiger partial charge in [0.15, 0.2) is 0 Å². The van der Waals surface area contributed by atoms with Crippen LogP contribution in [0.25, 0.3) is 0 Å². The lowest BCUT2D eigenvalue weighted by molar-refractivity contribution is 0.126. The van der Waals surface area contributed by atoms with Crippen LogP contribution in [0, 0.1) is 0 Å². The van der Waals surface area contributed by atoms with Crippen LogP contribution >= 0.6 is 15.9 Å². The molecule has 0 saturated heterocycles. The third-order valence-corrected chi connectivity index (χ3v) is 5.26. The molecule has 0 atom stereocenters. The fraction of sp³-hybridized carbons (Fsp3) is 0.455. The van der Waals surface area contributed by atoms with E-state index in [0.29, 0.717) is 15.3 Å². The van der Waals surface area contributed by atoms with E-state index >= 15 is 0 Å². The summed E-state index contributed by atoms with van der Waals surface area (Å²) in [6.45, 7) is -0.237. The number of alkyl halides is 2. The van der Waals surface area contributed by atoms with Crippen molar-refractivity contribution >= 4 is 26.0 Å². The fourth-order valence-electron chi connectivity index (χ4n) is 1.53. The predicted molar refractivity (Wildman–Crippen MR) is 72.7 cm³/mol. The highest BCUT2D eigenvalue weighted by Gasteiger charge is 2.25. The van der Waals surface area contributed by atoms with Gasteiger partial charge in [-0.1, -0.05) is 6.07 Å². The monoisotopic (exact) mass is 356 g/mol. The van der Waals surface area contributed by atoms with Gasteiger partial charge in [0.25, 0.3) is 6.43 Å². The van der Waals surface area contributed by atoms with Crippen LogP contribution in [0.15, 0.2) is 27.6 Å². The third-order valence-electron chi connectivity index (χ3n) is 2.46. The molecule has 0 heterocycles. The average molecular weight is 357 g/mol. The minimum absolute atomic E-state index is 0.0181. The molecule has 8 heteroatoms. The summed E-state index contributed by atoms with van der Waals surface area (Å²) in [5, 5.41) is 2.94. The molecule has 0 saturated carbocycles. The number of nitrogens with one attached hydrogen (secondary N) is 1. The Morgan fingerprint density at radius 3 is 2.53 bits per heavy atom. The van der Waals surface area contributed by atoms with Crippen molar-refractivity contribution in [3.63, 3.8) is 0 Å². The maximum Gasteiger partial charge on any atom is 0.252 e. The van der Waals surface area contributed by atoms with E-state index in [9.17, 15) is 17.2 Å². The highest BCUT2D eigenvalue weighted by Crippen LogP contribution is 2.26. The van der Waals surface area contributed by atoms with Crippen molar-refractivity contribution < 1.29 is 17.2 Å². The maximum absolute atomic E-state index is 12.3. The van der Waals surface area contributed by atoms with Crippen LogP contribution in [0.4, 0.5) is 8.78 Å². The molecule has 0 aliphatic heterocycles. The van der Waals surface area contributed by atoms with Gasteiger partial charge in [0, 0.05) is 18.1 Å². The van der Waals surface area contributed by atoms with Gasteiger partial charge in [-0.2, -0.15) is 4.31 Å². The van der Waals surface area contributed by atoms with Crippen molar-refractivity contribution in [2.75, 3.05) is 20.6 Å². The summed E-state index contributed by atoms with van der Waals surface area (Å²) >= 11 is 3.17. The average Bonchev–Trinajstić information content (AvgIpc) is 2.28. The van der Waals surface area contributed by atoms with Crippen LogP contribution in [0.5, 0.6) is 0 Å². The first-order chi connectivity index (χ1) is 8.78. The highest BCUT2D eigenvalue weighted by atomic mass is 79.9. The van der Waals surface area contributed by atoms with Gasteiger partial charge in [-0.05, 0) is 40.7 Å². The molecular formula is C11H15BrF2N2O2S. The summed E-state index contributed by atoms with van der Waals surface area (Å²) in [4.78, 5) is -0.0181. The third kappa shape index (κ3) is 4.20. The second-order valence-corrected chi connectivity index (χ2v) is 6.84. The summed E-state index contributed by atoms with van der Waals surface area (Å²) in [5.41, 5.74) is 0.893. The van der Waals surface area contributed by atoms with Crippen LogP contribution in [0.2, 0.25) is 0 Å². The number of nitrogens with zero attached hydrogens (tertiary/aromatic N) is 1. The molecule has 0 fully saturated rings. The topological polar surface area (TPSA) is 49.4 Å². The second-order valence-electron chi connectivity index (χ2n) is 3.97. The van der Waals surface area contributed by atoms with Gasteiger partial charge in [0.2, 0.25) is 10.0 Å². The van der Waals surface area contributed by atoms with E-state index < -0.39 is 23.0 Å². The molecule has 0 aliphatic rings. The Bertz CT molecular complexity index is 537. The standard InChI is InChI=1S/C11H15BrF2N2O2S/c1-15-6-8-3-4-10(9(12)5-8)19(17,18)16(2)7-11(13)14/h3-5,11,15H,6-7H2,1-2H3.